The first-order valence-electron chi connectivity index (χ1n) is 7.02. The number of nitrogens with one attached hydrogen (secondary N) is 1. The zero-order valence-electron chi connectivity index (χ0n) is 12.6. The SMILES string of the molecule is CCC(NC)C(C)N(C)CC1(N(C)C)CCC1. The summed E-state index contributed by atoms with van der Waals surface area (Å²) >= 11 is 0. The molecule has 1 rings (SSSR count). The molecule has 0 aromatic heterocycles. The highest BCUT2D eigenvalue weighted by molar-refractivity contribution is 4.99. The summed E-state index contributed by atoms with van der Waals surface area (Å²) in [6.45, 7) is 5.79. The maximum absolute atomic E-state index is 3.43. The summed E-state index contributed by atoms with van der Waals surface area (Å²) in [6, 6.07) is 1.20. The largest absolute Gasteiger partial charge is 0.315 e. The van der Waals surface area contributed by atoms with E-state index in [0.29, 0.717) is 17.6 Å². The van der Waals surface area contributed by atoms with Crippen molar-refractivity contribution in [1.82, 2.24) is 15.1 Å². The van der Waals surface area contributed by atoms with Crippen molar-refractivity contribution >= 4 is 0 Å². The molecule has 3 nitrogen and oxygen atoms in total. The van der Waals surface area contributed by atoms with E-state index in [4.69, 9.17) is 0 Å². The molecule has 0 aliphatic heterocycles. The van der Waals surface area contributed by atoms with Crippen molar-refractivity contribution in [3.05, 3.63) is 0 Å². The van der Waals surface area contributed by atoms with E-state index in [2.05, 4.69) is 57.2 Å². The van der Waals surface area contributed by atoms with Gasteiger partial charge in [0.2, 0.25) is 0 Å². The molecule has 102 valence electrons. The second-order valence-corrected chi connectivity index (χ2v) is 5.93. The highest BCUT2D eigenvalue weighted by Crippen LogP contribution is 2.37. The third kappa shape index (κ3) is 3.21. The number of nitrogens with zero attached hydrogens (tertiary/aromatic N) is 2. The Morgan fingerprint density at radius 2 is 1.82 bits per heavy atom. The van der Waals surface area contributed by atoms with Gasteiger partial charge in [-0.1, -0.05) is 6.92 Å². The Kier molecular flexibility index (Phi) is 5.42. The lowest BCUT2D eigenvalue weighted by molar-refractivity contribution is 0.0136. The molecule has 0 heterocycles. The molecule has 0 bridgehead atoms. The van der Waals surface area contributed by atoms with Gasteiger partial charge in [-0.3, -0.25) is 0 Å². The van der Waals surface area contributed by atoms with Crippen LogP contribution in [0.3, 0.4) is 0 Å². The summed E-state index contributed by atoms with van der Waals surface area (Å²) in [7, 11) is 8.80. The van der Waals surface area contributed by atoms with Crippen LogP contribution in [0.1, 0.15) is 39.5 Å². The maximum Gasteiger partial charge on any atom is 0.0330 e. The molecule has 0 spiro atoms. The van der Waals surface area contributed by atoms with Gasteiger partial charge in [-0.15, -0.1) is 0 Å². The first kappa shape index (κ1) is 14.9. The van der Waals surface area contributed by atoms with Crippen LogP contribution in [0.25, 0.3) is 0 Å². The number of hydrogen-bond acceptors (Lipinski definition) is 3. The van der Waals surface area contributed by atoms with Crippen LogP contribution in [0, 0.1) is 0 Å². The molecule has 1 saturated carbocycles. The summed E-state index contributed by atoms with van der Waals surface area (Å²) in [5, 5.41) is 3.43. The molecular weight excluding hydrogens is 210 g/mol. The Hall–Kier alpha value is -0.120. The highest BCUT2D eigenvalue weighted by Gasteiger charge is 2.40. The van der Waals surface area contributed by atoms with E-state index >= 15 is 0 Å². The van der Waals surface area contributed by atoms with Crippen molar-refractivity contribution in [2.75, 3.05) is 34.7 Å². The molecule has 1 aliphatic rings. The molecule has 2 atom stereocenters. The van der Waals surface area contributed by atoms with Crippen LogP contribution in [0.15, 0.2) is 0 Å². The van der Waals surface area contributed by atoms with Crippen molar-refractivity contribution in [2.45, 2.75) is 57.2 Å². The van der Waals surface area contributed by atoms with Crippen molar-refractivity contribution in [3.8, 4) is 0 Å². The van der Waals surface area contributed by atoms with Crippen LogP contribution in [0.5, 0.6) is 0 Å². The Balaban J connectivity index is 2.55. The lowest BCUT2D eigenvalue weighted by Gasteiger charge is -2.50. The van der Waals surface area contributed by atoms with Crippen LogP contribution >= 0.6 is 0 Å². The van der Waals surface area contributed by atoms with Gasteiger partial charge in [0.05, 0.1) is 0 Å². The van der Waals surface area contributed by atoms with Gasteiger partial charge in [0, 0.05) is 24.2 Å². The van der Waals surface area contributed by atoms with Crippen molar-refractivity contribution in [1.29, 1.82) is 0 Å². The molecule has 0 amide bonds. The molecule has 0 aromatic rings. The second-order valence-electron chi connectivity index (χ2n) is 5.93. The monoisotopic (exact) mass is 241 g/mol. The van der Waals surface area contributed by atoms with Gasteiger partial charge in [-0.2, -0.15) is 0 Å². The molecule has 0 radical (unpaired) electrons. The number of likely N-dealkylation sites (N-methyl/N-ethyl adjacent to an activating group) is 3. The molecule has 1 N–H and O–H groups in total. The molecule has 3 heteroatoms. The first-order chi connectivity index (χ1) is 7.96. The van der Waals surface area contributed by atoms with Crippen LogP contribution in [0.4, 0.5) is 0 Å². The lowest BCUT2D eigenvalue weighted by Crippen LogP contribution is -2.59. The fourth-order valence-corrected chi connectivity index (χ4v) is 3.03. The normalized spacial score (nSPS) is 22.6. The van der Waals surface area contributed by atoms with Gasteiger partial charge in [0.15, 0.2) is 0 Å². The Morgan fingerprint density at radius 3 is 2.12 bits per heavy atom. The quantitative estimate of drug-likeness (QED) is 0.733. The summed E-state index contributed by atoms with van der Waals surface area (Å²) in [6.07, 6.45) is 5.29. The summed E-state index contributed by atoms with van der Waals surface area (Å²) in [5.74, 6) is 0. The smallest absolute Gasteiger partial charge is 0.0330 e. The standard InChI is InChI=1S/C14H31N3/c1-7-13(15-3)12(2)17(6)11-14(16(4)5)9-8-10-14/h12-13,15H,7-11H2,1-6H3. The zero-order valence-corrected chi connectivity index (χ0v) is 12.6. The van der Waals surface area contributed by atoms with E-state index in [9.17, 15) is 0 Å². The average Bonchev–Trinajstić information content (AvgIpc) is 2.24. The minimum atomic E-state index is 0.440. The average molecular weight is 241 g/mol. The summed E-state index contributed by atoms with van der Waals surface area (Å²) in [5.41, 5.74) is 0.440. The molecule has 0 aromatic carbocycles. The highest BCUT2D eigenvalue weighted by atomic mass is 15.2. The number of rotatable bonds is 7. The van der Waals surface area contributed by atoms with E-state index in [1.165, 1.54) is 32.2 Å². The topological polar surface area (TPSA) is 18.5 Å². The zero-order chi connectivity index (χ0) is 13.1. The van der Waals surface area contributed by atoms with E-state index < -0.39 is 0 Å². The van der Waals surface area contributed by atoms with E-state index in [0.717, 1.165) is 0 Å². The van der Waals surface area contributed by atoms with Crippen LogP contribution < -0.4 is 5.32 Å². The minimum absolute atomic E-state index is 0.440. The maximum atomic E-state index is 3.43. The Labute approximate surface area is 108 Å². The fraction of sp³-hybridized carbons (Fsp3) is 1.00. The first-order valence-corrected chi connectivity index (χ1v) is 7.02. The van der Waals surface area contributed by atoms with E-state index in [1.807, 2.05) is 0 Å². The van der Waals surface area contributed by atoms with E-state index in [1.54, 1.807) is 0 Å². The van der Waals surface area contributed by atoms with Crippen molar-refractivity contribution in [2.24, 2.45) is 0 Å². The number of hydrogen-bond donors (Lipinski definition) is 1. The predicted molar refractivity (Wildman–Crippen MR) is 75.5 cm³/mol. The molecule has 17 heavy (non-hydrogen) atoms. The predicted octanol–water partition coefficient (Wildman–Crippen LogP) is 1.79. The fourth-order valence-electron chi connectivity index (χ4n) is 3.03. The molecule has 2 unspecified atom stereocenters. The Bertz CT molecular complexity index is 220. The Morgan fingerprint density at radius 1 is 1.24 bits per heavy atom. The van der Waals surface area contributed by atoms with Gasteiger partial charge in [-0.05, 0) is 60.8 Å². The van der Waals surface area contributed by atoms with Gasteiger partial charge < -0.3 is 15.1 Å². The van der Waals surface area contributed by atoms with Crippen molar-refractivity contribution in [3.63, 3.8) is 0 Å². The van der Waals surface area contributed by atoms with Gasteiger partial charge in [-0.25, -0.2) is 0 Å². The van der Waals surface area contributed by atoms with Crippen LogP contribution in [0.2, 0.25) is 0 Å². The van der Waals surface area contributed by atoms with Crippen LogP contribution in [-0.2, 0) is 0 Å². The van der Waals surface area contributed by atoms with E-state index in [-0.39, 0.29) is 0 Å². The molecular formula is C14H31N3. The van der Waals surface area contributed by atoms with Crippen LogP contribution in [-0.4, -0.2) is 62.2 Å². The van der Waals surface area contributed by atoms with Gasteiger partial charge >= 0.3 is 0 Å². The minimum Gasteiger partial charge on any atom is -0.315 e. The molecule has 0 saturated heterocycles. The molecule has 1 aliphatic carbocycles. The summed E-state index contributed by atoms with van der Waals surface area (Å²) in [4.78, 5) is 4.96. The third-order valence-corrected chi connectivity index (χ3v) is 4.86. The third-order valence-electron chi connectivity index (χ3n) is 4.86. The van der Waals surface area contributed by atoms with Gasteiger partial charge in [0.1, 0.15) is 0 Å². The van der Waals surface area contributed by atoms with Crippen molar-refractivity contribution < 1.29 is 0 Å². The second kappa shape index (κ2) is 6.17. The van der Waals surface area contributed by atoms with Gasteiger partial charge in [0.25, 0.3) is 0 Å². The summed E-state index contributed by atoms with van der Waals surface area (Å²) < 4.78 is 0. The lowest BCUT2D eigenvalue weighted by atomic mass is 9.75. The molecule has 1 fully saturated rings.